The minimum Gasteiger partial charge on any atom is -0.481 e. The molecule has 25 heavy (non-hydrogen) atoms. The third-order valence-electron chi connectivity index (χ3n) is 5.37. The average molecular weight is 339 g/mol. The van der Waals surface area contributed by atoms with Crippen molar-refractivity contribution in [2.45, 2.75) is 40.0 Å². The van der Waals surface area contributed by atoms with Gasteiger partial charge in [0.1, 0.15) is 0 Å². The van der Waals surface area contributed by atoms with Crippen molar-refractivity contribution in [2.24, 2.45) is 5.41 Å². The molecule has 0 amide bonds. The Labute approximate surface area is 148 Å². The normalized spacial score (nSPS) is 16.7. The Morgan fingerprint density at radius 1 is 1.12 bits per heavy atom. The van der Waals surface area contributed by atoms with E-state index in [1.807, 2.05) is 19.1 Å². The second kappa shape index (κ2) is 6.82. The summed E-state index contributed by atoms with van der Waals surface area (Å²) in [5.41, 5.74) is 4.15. The fourth-order valence-electron chi connectivity index (χ4n) is 3.18. The topological polar surface area (TPSA) is 66.3 Å². The average Bonchev–Trinajstić information content (AvgIpc) is 2.60. The second-order valence-corrected chi connectivity index (χ2v) is 7.33. The van der Waals surface area contributed by atoms with Crippen molar-refractivity contribution in [3.05, 3.63) is 52.7 Å². The molecule has 0 spiro atoms. The van der Waals surface area contributed by atoms with Crippen LogP contribution in [0.5, 0.6) is 0 Å². The van der Waals surface area contributed by atoms with E-state index in [1.165, 1.54) is 16.7 Å². The molecule has 1 aromatic carbocycles. The Kier molecular flexibility index (Phi) is 4.75. The Morgan fingerprint density at radius 2 is 1.84 bits per heavy atom. The predicted octanol–water partition coefficient (Wildman–Crippen LogP) is 3.38. The van der Waals surface area contributed by atoms with Crippen LogP contribution in [0, 0.1) is 19.3 Å². The summed E-state index contributed by atoms with van der Waals surface area (Å²) in [6, 6.07) is 10.5. The molecule has 1 aromatic heterocycles. The number of aliphatic carboxylic acids is 1. The summed E-state index contributed by atoms with van der Waals surface area (Å²) in [5.74, 6) is 0.123. The summed E-state index contributed by atoms with van der Waals surface area (Å²) in [6.45, 7) is 7.46. The van der Waals surface area contributed by atoms with Crippen LogP contribution in [0.2, 0.25) is 0 Å². The molecule has 2 aromatic rings. The van der Waals surface area contributed by atoms with Gasteiger partial charge in [-0.25, -0.2) is 0 Å². The van der Waals surface area contributed by atoms with E-state index in [2.05, 4.69) is 47.1 Å². The molecule has 0 radical (unpaired) electrons. The molecule has 1 saturated heterocycles. The Bertz CT molecular complexity index is 763. The number of rotatable bonds is 4. The summed E-state index contributed by atoms with van der Waals surface area (Å²) in [4.78, 5) is 13.5. The lowest BCUT2D eigenvalue weighted by Crippen LogP contribution is -2.43. The van der Waals surface area contributed by atoms with Crippen LogP contribution in [0.4, 0.5) is 5.82 Å². The van der Waals surface area contributed by atoms with Crippen molar-refractivity contribution in [1.82, 2.24) is 10.2 Å². The third-order valence-corrected chi connectivity index (χ3v) is 5.37. The van der Waals surface area contributed by atoms with Crippen LogP contribution in [0.15, 0.2) is 30.3 Å². The van der Waals surface area contributed by atoms with Crippen molar-refractivity contribution in [3.63, 3.8) is 0 Å². The zero-order valence-corrected chi connectivity index (χ0v) is 15.1. The Hall–Kier alpha value is -2.43. The van der Waals surface area contributed by atoms with Gasteiger partial charge in [0.05, 0.1) is 11.1 Å². The highest BCUT2D eigenvalue weighted by Crippen LogP contribution is 2.32. The maximum atomic E-state index is 11.3. The monoisotopic (exact) mass is 339 g/mol. The first-order chi connectivity index (χ1) is 11.9. The first kappa shape index (κ1) is 17.4. The van der Waals surface area contributed by atoms with Gasteiger partial charge < -0.3 is 10.0 Å². The van der Waals surface area contributed by atoms with Crippen LogP contribution in [0.3, 0.4) is 0 Å². The van der Waals surface area contributed by atoms with Gasteiger partial charge in [-0.1, -0.05) is 18.2 Å². The molecule has 132 valence electrons. The van der Waals surface area contributed by atoms with E-state index in [-0.39, 0.29) is 0 Å². The lowest BCUT2D eigenvalue weighted by molar-refractivity contribution is -0.149. The van der Waals surface area contributed by atoms with Gasteiger partial charge >= 0.3 is 5.97 Å². The van der Waals surface area contributed by atoms with Gasteiger partial charge in [-0.3, -0.25) is 4.79 Å². The summed E-state index contributed by atoms with van der Waals surface area (Å²) < 4.78 is 0. The Morgan fingerprint density at radius 3 is 2.40 bits per heavy atom. The molecule has 5 heteroatoms. The number of aromatic nitrogens is 2. The SMILES string of the molecule is Cc1ccc(Cc2ccc(N3CCC(C)(C(=O)O)CC3)nn2)cc1C. The van der Waals surface area contributed by atoms with E-state index in [0.717, 1.165) is 17.9 Å². The molecule has 1 fully saturated rings. The van der Waals surface area contributed by atoms with E-state index in [9.17, 15) is 9.90 Å². The highest BCUT2D eigenvalue weighted by molar-refractivity contribution is 5.74. The van der Waals surface area contributed by atoms with Gasteiger partial charge in [0.2, 0.25) is 0 Å². The van der Waals surface area contributed by atoms with Crippen molar-refractivity contribution < 1.29 is 9.90 Å². The van der Waals surface area contributed by atoms with Gasteiger partial charge in [0.15, 0.2) is 5.82 Å². The zero-order valence-electron chi connectivity index (χ0n) is 15.1. The molecular weight excluding hydrogens is 314 g/mol. The highest BCUT2D eigenvalue weighted by Gasteiger charge is 2.37. The molecule has 1 N–H and O–H groups in total. The van der Waals surface area contributed by atoms with Crippen molar-refractivity contribution in [1.29, 1.82) is 0 Å². The molecule has 2 heterocycles. The van der Waals surface area contributed by atoms with E-state index in [1.54, 1.807) is 0 Å². The minimum absolute atomic E-state index is 0.618. The zero-order chi connectivity index (χ0) is 18.0. The second-order valence-electron chi connectivity index (χ2n) is 7.33. The summed E-state index contributed by atoms with van der Waals surface area (Å²) in [6.07, 6.45) is 2.04. The van der Waals surface area contributed by atoms with E-state index in [0.29, 0.717) is 25.9 Å². The highest BCUT2D eigenvalue weighted by atomic mass is 16.4. The van der Waals surface area contributed by atoms with E-state index in [4.69, 9.17) is 0 Å². The van der Waals surface area contributed by atoms with Crippen LogP contribution in [-0.4, -0.2) is 34.4 Å². The van der Waals surface area contributed by atoms with Crippen LogP contribution < -0.4 is 4.90 Å². The maximum Gasteiger partial charge on any atom is 0.309 e. The number of aryl methyl sites for hydroxylation is 2. The number of piperidine rings is 1. The van der Waals surface area contributed by atoms with E-state index < -0.39 is 11.4 Å². The lowest BCUT2D eigenvalue weighted by Gasteiger charge is -2.36. The molecule has 1 aliphatic heterocycles. The molecule has 0 atom stereocenters. The molecule has 1 aliphatic rings. The van der Waals surface area contributed by atoms with E-state index >= 15 is 0 Å². The lowest BCUT2D eigenvalue weighted by atomic mass is 9.80. The first-order valence-corrected chi connectivity index (χ1v) is 8.74. The maximum absolute atomic E-state index is 11.3. The number of carboxylic acids is 1. The predicted molar refractivity (Wildman–Crippen MR) is 97.9 cm³/mol. The van der Waals surface area contributed by atoms with Crippen molar-refractivity contribution >= 4 is 11.8 Å². The van der Waals surface area contributed by atoms with Gasteiger partial charge in [-0.15, -0.1) is 5.10 Å². The molecular formula is C20H25N3O2. The smallest absolute Gasteiger partial charge is 0.309 e. The number of carboxylic acid groups (broad SMARTS) is 1. The van der Waals surface area contributed by atoms with Crippen LogP contribution in [0.25, 0.3) is 0 Å². The van der Waals surface area contributed by atoms with Crippen LogP contribution in [-0.2, 0) is 11.2 Å². The minimum atomic E-state index is -0.707. The largest absolute Gasteiger partial charge is 0.481 e. The van der Waals surface area contributed by atoms with Crippen LogP contribution >= 0.6 is 0 Å². The third kappa shape index (κ3) is 3.81. The molecule has 0 aliphatic carbocycles. The Balaban J connectivity index is 1.65. The molecule has 3 rings (SSSR count). The molecule has 0 saturated carbocycles. The number of anilines is 1. The fraction of sp³-hybridized carbons (Fsp3) is 0.450. The molecule has 0 bridgehead atoms. The number of hydrogen-bond donors (Lipinski definition) is 1. The number of nitrogens with zero attached hydrogens (tertiary/aromatic N) is 3. The molecule has 5 nitrogen and oxygen atoms in total. The quantitative estimate of drug-likeness (QED) is 0.925. The number of carbonyl (C=O) groups is 1. The summed E-state index contributed by atoms with van der Waals surface area (Å²) >= 11 is 0. The summed E-state index contributed by atoms with van der Waals surface area (Å²) in [5, 5.41) is 18.0. The van der Waals surface area contributed by atoms with Gasteiger partial charge in [-0.05, 0) is 62.4 Å². The first-order valence-electron chi connectivity index (χ1n) is 8.74. The molecule has 0 unspecified atom stereocenters. The standard InChI is InChI=1S/C20H25N3O2/c1-14-4-5-16(12-15(14)2)13-17-6-7-18(22-21-17)23-10-8-20(3,9-11-23)19(24)25/h4-7,12H,8-11,13H2,1-3H3,(H,24,25). The van der Waals surface area contributed by atoms with Gasteiger partial charge in [-0.2, -0.15) is 5.10 Å². The van der Waals surface area contributed by atoms with Gasteiger partial charge in [0.25, 0.3) is 0 Å². The van der Waals surface area contributed by atoms with Crippen LogP contribution in [0.1, 0.15) is 42.1 Å². The number of benzene rings is 1. The number of hydrogen-bond acceptors (Lipinski definition) is 4. The van der Waals surface area contributed by atoms with Crippen molar-refractivity contribution in [2.75, 3.05) is 18.0 Å². The van der Waals surface area contributed by atoms with Crippen molar-refractivity contribution in [3.8, 4) is 0 Å². The van der Waals surface area contributed by atoms with Gasteiger partial charge in [0, 0.05) is 19.5 Å². The summed E-state index contributed by atoms with van der Waals surface area (Å²) in [7, 11) is 0. The fourth-order valence-corrected chi connectivity index (χ4v) is 3.18.